The molecular formula is C20H18O3S. The summed E-state index contributed by atoms with van der Waals surface area (Å²) in [6, 6.07) is 21.0. The van der Waals surface area contributed by atoms with Gasteiger partial charge in [-0.3, -0.25) is 0 Å². The van der Waals surface area contributed by atoms with Crippen molar-refractivity contribution in [3.63, 3.8) is 0 Å². The summed E-state index contributed by atoms with van der Waals surface area (Å²) in [5, 5.41) is 0. The number of rotatable bonds is 4. The predicted molar refractivity (Wildman–Crippen MR) is 94.3 cm³/mol. The van der Waals surface area contributed by atoms with E-state index in [-0.39, 0.29) is 4.90 Å². The molecule has 0 N–H and O–H groups in total. The highest BCUT2D eigenvalue weighted by Crippen LogP contribution is 2.26. The molecule has 0 amide bonds. The fourth-order valence-corrected chi connectivity index (χ4v) is 3.54. The molecule has 0 fully saturated rings. The number of ether oxygens (including phenoxy) is 1. The van der Waals surface area contributed by atoms with Crippen LogP contribution in [0.25, 0.3) is 0 Å². The van der Waals surface area contributed by atoms with Crippen molar-refractivity contribution < 1.29 is 13.2 Å². The summed E-state index contributed by atoms with van der Waals surface area (Å²) in [6.45, 7) is 3.93. The largest absolute Gasteiger partial charge is 0.457 e. The Morgan fingerprint density at radius 2 is 0.917 bits per heavy atom. The minimum Gasteiger partial charge on any atom is -0.457 e. The molecule has 24 heavy (non-hydrogen) atoms. The van der Waals surface area contributed by atoms with Crippen LogP contribution >= 0.6 is 0 Å². The van der Waals surface area contributed by atoms with Crippen LogP contribution in [0, 0.1) is 13.8 Å². The Labute approximate surface area is 142 Å². The van der Waals surface area contributed by atoms with E-state index >= 15 is 0 Å². The molecule has 122 valence electrons. The standard InChI is InChI=1S/C20H18O3S/c1-15-3-7-17(8-4-15)23-18-9-13-20(14-10-18)24(21,22)19-11-5-16(2)6-12-19/h3-14H,1-2H3. The Morgan fingerprint density at radius 3 is 1.38 bits per heavy atom. The molecule has 0 aromatic heterocycles. The molecule has 0 aliphatic heterocycles. The highest BCUT2D eigenvalue weighted by atomic mass is 32.2. The summed E-state index contributed by atoms with van der Waals surface area (Å²) in [4.78, 5) is 0.544. The Balaban J connectivity index is 1.83. The fourth-order valence-electron chi connectivity index (χ4n) is 2.28. The fraction of sp³-hybridized carbons (Fsp3) is 0.100. The van der Waals surface area contributed by atoms with E-state index in [1.54, 1.807) is 48.5 Å². The third-order valence-electron chi connectivity index (χ3n) is 3.72. The van der Waals surface area contributed by atoms with Crippen LogP contribution in [0.4, 0.5) is 0 Å². The second-order valence-electron chi connectivity index (χ2n) is 5.70. The predicted octanol–water partition coefficient (Wildman–Crippen LogP) is 4.93. The van der Waals surface area contributed by atoms with Crippen molar-refractivity contribution >= 4 is 9.84 Å². The van der Waals surface area contributed by atoms with Gasteiger partial charge in [0.15, 0.2) is 0 Å². The van der Waals surface area contributed by atoms with E-state index < -0.39 is 9.84 Å². The lowest BCUT2D eigenvalue weighted by atomic mass is 10.2. The van der Waals surface area contributed by atoms with Crippen LogP contribution in [0.15, 0.2) is 82.6 Å². The van der Waals surface area contributed by atoms with Gasteiger partial charge >= 0.3 is 0 Å². The Bertz CT molecular complexity index is 924. The molecular weight excluding hydrogens is 320 g/mol. The van der Waals surface area contributed by atoms with E-state index in [9.17, 15) is 8.42 Å². The van der Waals surface area contributed by atoms with Gasteiger partial charge in [-0.1, -0.05) is 35.4 Å². The van der Waals surface area contributed by atoms with Gasteiger partial charge in [0.1, 0.15) is 11.5 Å². The molecule has 0 saturated carbocycles. The second-order valence-corrected chi connectivity index (χ2v) is 7.65. The lowest BCUT2D eigenvalue weighted by Gasteiger charge is -2.08. The van der Waals surface area contributed by atoms with Crippen molar-refractivity contribution in [2.24, 2.45) is 0 Å². The number of hydrogen-bond donors (Lipinski definition) is 0. The van der Waals surface area contributed by atoms with E-state index in [4.69, 9.17) is 4.74 Å². The zero-order chi connectivity index (χ0) is 17.2. The second kappa shape index (κ2) is 6.49. The lowest BCUT2D eigenvalue weighted by Crippen LogP contribution is -2.01. The Morgan fingerprint density at radius 1 is 0.583 bits per heavy atom. The molecule has 0 aliphatic carbocycles. The van der Waals surface area contributed by atoms with Crippen LogP contribution in [-0.4, -0.2) is 8.42 Å². The number of benzene rings is 3. The zero-order valence-corrected chi connectivity index (χ0v) is 14.4. The first kappa shape index (κ1) is 16.3. The number of hydrogen-bond acceptors (Lipinski definition) is 3. The van der Waals surface area contributed by atoms with Crippen LogP contribution in [0.1, 0.15) is 11.1 Å². The van der Waals surface area contributed by atoms with Gasteiger partial charge in [0.2, 0.25) is 9.84 Å². The Hall–Kier alpha value is -2.59. The number of sulfone groups is 1. The van der Waals surface area contributed by atoms with E-state index in [1.807, 2.05) is 38.1 Å². The van der Waals surface area contributed by atoms with Gasteiger partial charge in [-0.25, -0.2) is 8.42 Å². The summed E-state index contributed by atoms with van der Waals surface area (Å²) >= 11 is 0. The van der Waals surface area contributed by atoms with Gasteiger partial charge in [-0.15, -0.1) is 0 Å². The Kier molecular flexibility index (Phi) is 4.40. The topological polar surface area (TPSA) is 43.4 Å². The summed E-state index contributed by atoms with van der Waals surface area (Å²) in [6.07, 6.45) is 0. The maximum absolute atomic E-state index is 12.6. The van der Waals surface area contributed by atoms with E-state index in [2.05, 4.69) is 0 Å². The molecule has 0 aliphatic rings. The van der Waals surface area contributed by atoms with Crippen molar-refractivity contribution in [3.8, 4) is 11.5 Å². The van der Waals surface area contributed by atoms with Crippen LogP contribution in [0.3, 0.4) is 0 Å². The zero-order valence-electron chi connectivity index (χ0n) is 13.6. The molecule has 3 aromatic rings. The molecule has 0 unspecified atom stereocenters. The molecule has 0 saturated heterocycles. The molecule has 4 heteroatoms. The molecule has 0 bridgehead atoms. The van der Waals surface area contributed by atoms with Gasteiger partial charge in [-0.05, 0) is 62.4 Å². The van der Waals surface area contributed by atoms with Crippen molar-refractivity contribution in [1.29, 1.82) is 0 Å². The third-order valence-corrected chi connectivity index (χ3v) is 5.51. The van der Waals surface area contributed by atoms with Crippen LogP contribution < -0.4 is 4.74 Å². The van der Waals surface area contributed by atoms with E-state index in [0.29, 0.717) is 10.6 Å². The summed E-state index contributed by atoms with van der Waals surface area (Å²) in [7, 11) is -3.51. The smallest absolute Gasteiger partial charge is 0.206 e. The highest BCUT2D eigenvalue weighted by Gasteiger charge is 2.17. The van der Waals surface area contributed by atoms with Gasteiger partial charge in [-0.2, -0.15) is 0 Å². The monoisotopic (exact) mass is 338 g/mol. The van der Waals surface area contributed by atoms with Gasteiger partial charge in [0, 0.05) is 0 Å². The maximum atomic E-state index is 12.6. The highest BCUT2D eigenvalue weighted by molar-refractivity contribution is 7.91. The van der Waals surface area contributed by atoms with Crippen molar-refractivity contribution in [3.05, 3.63) is 83.9 Å². The van der Waals surface area contributed by atoms with Crippen LogP contribution in [0.5, 0.6) is 11.5 Å². The van der Waals surface area contributed by atoms with Crippen LogP contribution in [-0.2, 0) is 9.84 Å². The SMILES string of the molecule is Cc1ccc(Oc2ccc(S(=O)(=O)c3ccc(C)cc3)cc2)cc1. The van der Waals surface area contributed by atoms with Crippen molar-refractivity contribution in [1.82, 2.24) is 0 Å². The molecule has 0 radical (unpaired) electrons. The van der Waals surface area contributed by atoms with E-state index in [0.717, 1.165) is 16.9 Å². The normalized spacial score (nSPS) is 11.2. The molecule has 0 heterocycles. The quantitative estimate of drug-likeness (QED) is 0.677. The summed E-state index contributed by atoms with van der Waals surface area (Å²) in [5.74, 6) is 1.32. The first-order chi connectivity index (χ1) is 11.4. The minimum atomic E-state index is -3.51. The first-order valence-electron chi connectivity index (χ1n) is 7.61. The van der Waals surface area contributed by atoms with Crippen molar-refractivity contribution in [2.45, 2.75) is 23.6 Å². The number of aryl methyl sites for hydroxylation is 2. The third kappa shape index (κ3) is 3.49. The molecule has 0 spiro atoms. The molecule has 0 atom stereocenters. The van der Waals surface area contributed by atoms with Gasteiger partial charge in [0.25, 0.3) is 0 Å². The minimum absolute atomic E-state index is 0.252. The first-order valence-corrected chi connectivity index (χ1v) is 9.10. The van der Waals surface area contributed by atoms with E-state index in [1.165, 1.54) is 0 Å². The van der Waals surface area contributed by atoms with Crippen molar-refractivity contribution in [2.75, 3.05) is 0 Å². The summed E-state index contributed by atoms with van der Waals surface area (Å²) in [5.41, 5.74) is 2.18. The molecule has 3 rings (SSSR count). The van der Waals surface area contributed by atoms with Crippen LogP contribution in [0.2, 0.25) is 0 Å². The average Bonchev–Trinajstić information content (AvgIpc) is 2.58. The lowest BCUT2D eigenvalue weighted by molar-refractivity contribution is 0.482. The average molecular weight is 338 g/mol. The molecule has 3 nitrogen and oxygen atoms in total. The molecule has 3 aromatic carbocycles. The maximum Gasteiger partial charge on any atom is 0.206 e. The summed E-state index contributed by atoms with van der Waals surface area (Å²) < 4.78 is 31.0. The van der Waals surface area contributed by atoms with Gasteiger partial charge in [0.05, 0.1) is 9.79 Å². The van der Waals surface area contributed by atoms with Gasteiger partial charge < -0.3 is 4.74 Å².